The van der Waals surface area contributed by atoms with Crippen molar-refractivity contribution in [3.63, 3.8) is 0 Å². The first-order valence-electron chi connectivity index (χ1n) is 7.07. The van der Waals surface area contributed by atoms with Gasteiger partial charge in [0.25, 0.3) is 5.69 Å². The van der Waals surface area contributed by atoms with Gasteiger partial charge < -0.3 is 5.11 Å². The molecule has 1 N–H and O–H groups in total. The second kappa shape index (κ2) is 6.44. The van der Waals surface area contributed by atoms with Crippen LogP contribution in [0, 0.1) is 30.9 Å². The Bertz CT molecular complexity index is 799. The van der Waals surface area contributed by atoms with Crippen molar-refractivity contribution in [2.24, 2.45) is 0 Å². The number of ketones is 1. The molecule has 0 radical (unpaired) electrons. The van der Waals surface area contributed by atoms with Gasteiger partial charge in [0.1, 0.15) is 5.75 Å². The molecule has 2 rings (SSSR count). The number of hydrogen-bond acceptors (Lipinski definition) is 4. The smallest absolute Gasteiger partial charge is 0.273 e. The lowest BCUT2D eigenvalue weighted by molar-refractivity contribution is -0.385. The number of aromatic hydroxyl groups is 1. The number of aryl methyl sites for hydroxylation is 3. The molecule has 118 valence electrons. The van der Waals surface area contributed by atoms with Gasteiger partial charge in [-0.05, 0) is 55.7 Å². The Balaban J connectivity index is 2.29. The molecule has 0 aliphatic carbocycles. The van der Waals surface area contributed by atoms with Crippen molar-refractivity contribution in [2.75, 3.05) is 0 Å². The van der Waals surface area contributed by atoms with E-state index in [0.29, 0.717) is 5.56 Å². The summed E-state index contributed by atoms with van der Waals surface area (Å²) in [5.74, 6) is -0.0703. The first-order chi connectivity index (χ1) is 10.8. The lowest BCUT2D eigenvalue weighted by Gasteiger charge is -2.04. The second-order valence-corrected chi connectivity index (χ2v) is 5.46. The highest BCUT2D eigenvalue weighted by molar-refractivity contribution is 6.07. The van der Waals surface area contributed by atoms with E-state index < -0.39 is 4.92 Å². The van der Waals surface area contributed by atoms with Gasteiger partial charge in [-0.2, -0.15) is 0 Å². The standard InChI is InChI=1S/C18H17NO4/c1-11-4-6-15(10-16(11)19(22)23)17(20)7-5-14-8-12(2)18(21)13(3)9-14/h4-10,21H,1-3H3/b7-5+. The van der Waals surface area contributed by atoms with Crippen molar-refractivity contribution >= 4 is 17.5 Å². The zero-order valence-electron chi connectivity index (χ0n) is 13.2. The zero-order chi connectivity index (χ0) is 17.1. The number of benzene rings is 2. The van der Waals surface area contributed by atoms with Gasteiger partial charge in [-0.3, -0.25) is 14.9 Å². The third kappa shape index (κ3) is 3.63. The van der Waals surface area contributed by atoms with Gasteiger partial charge in [0.05, 0.1) is 4.92 Å². The summed E-state index contributed by atoms with van der Waals surface area (Å²) < 4.78 is 0. The minimum Gasteiger partial charge on any atom is -0.507 e. The highest BCUT2D eigenvalue weighted by Gasteiger charge is 2.13. The van der Waals surface area contributed by atoms with Crippen molar-refractivity contribution in [1.29, 1.82) is 0 Å². The summed E-state index contributed by atoms with van der Waals surface area (Å²) in [6, 6.07) is 7.96. The number of nitro groups is 1. The monoisotopic (exact) mass is 311 g/mol. The van der Waals surface area contributed by atoms with Crippen molar-refractivity contribution in [2.45, 2.75) is 20.8 Å². The van der Waals surface area contributed by atoms with Crippen LogP contribution in [0.4, 0.5) is 5.69 Å². The van der Waals surface area contributed by atoms with Crippen LogP contribution in [-0.4, -0.2) is 15.8 Å². The fraction of sp³-hybridized carbons (Fsp3) is 0.167. The molecular weight excluding hydrogens is 294 g/mol. The van der Waals surface area contributed by atoms with E-state index in [2.05, 4.69) is 0 Å². The molecule has 0 spiro atoms. The number of allylic oxidation sites excluding steroid dienone is 1. The average Bonchev–Trinajstić information content (AvgIpc) is 2.50. The molecule has 0 aliphatic heterocycles. The molecule has 5 nitrogen and oxygen atoms in total. The summed E-state index contributed by atoms with van der Waals surface area (Å²) in [6.07, 6.45) is 3.01. The Hall–Kier alpha value is -2.95. The molecule has 0 fully saturated rings. The highest BCUT2D eigenvalue weighted by Crippen LogP contribution is 2.24. The zero-order valence-corrected chi connectivity index (χ0v) is 13.2. The summed E-state index contributed by atoms with van der Waals surface area (Å²) in [5.41, 5.74) is 2.95. The number of carbonyl (C=O) groups is 1. The van der Waals surface area contributed by atoms with Gasteiger partial charge in [0, 0.05) is 17.2 Å². The SMILES string of the molecule is Cc1ccc(C(=O)/C=C/c2cc(C)c(O)c(C)c2)cc1[N+](=O)[O-]. The van der Waals surface area contributed by atoms with E-state index in [0.717, 1.165) is 16.7 Å². The van der Waals surface area contributed by atoms with Crippen LogP contribution < -0.4 is 0 Å². The van der Waals surface area contributed by atoms with E-state index >= 15 is 0 Å². The minimum absolute atomic E-state index is 0.0689. The maximum absolute atomic E-state index is 12.2. The van der Waals surface area contributed by atoms with Gasteiger partial charge in [0.2, 0.25) is 0 Å². The summed E-state index contributed by atoms with van der Waals surface area (Å²) in [4.78, 5) is 22.6. The van der Waals surface area contributed by atoms with Crippen LogP contribution in [0.1, 0.15) is 32.6 Å². The number of carbonyl (C=O) groups excluding carboxylic acids is 1. The van der Waals surface area contributed by atoms with Crippen LogP contribution in [0.3, 0.4) is 0 Å². The molecule has 23 heavy (non-hydrogen) atoms. The van der Waals surface area contributed by atoms with Crippen LogP contribution >= 0.6 is 0 Å². The van der Waals surface area contributed by atoms with Crippen molar-refractivity contribution in [3.8, 4) is 5.75 Å². The predicted octanol–water partition coefficient (Wildman–Crippen LogP) is 4.12. The second-order valence-electron chi connectivity index (χ2n) is 5.46. The van der Waals surface area contributed by atoms with Crippen LogP contribution in [0.15, 0.2) is 36.4 Å². The maximum atomic E-state index is 12.2. The lowest BCUT2D eigenvalue weighted by Crippen LogP contribution is -1.98. The van der Waals surface area contributed by atoms with E-state index in [-0.39, 0.29) is 22.8 Å². The van der Waals surface area contributed by atoms with E-state index in [1.54, 1.807) is 51.1 Å². The molecule has 0 aromatic heterocycles. The molecule has 0 amide bonds. The van der Waals surface area contributed by atoms with Crippen LogP contribution in [0.5, 0.6) is 5.75 Å². The average molecular weight is 311 g/mol. The number of hydrogen-bond donors (Lipinski definition) is 1. The minimum atomic E-state index is -0.497. The number of nitrogens with zero attached hydrogens (tertiary/aromatic N) is 1. The van der Waals surface area contributed by atoms with Crippen molar-refractivity contribution in [1.82, 2.24) is 0 Å². The molecule has 0 saturated carbocycles. The summed E-state index contributed by atoms with van der Waals surface area (Å²) in [6.45, 7) is 5.19. The van der Waals surface area contributed by atoms with E-state index in [1.165, 1.54) is 12.1 Å². The normalized spacial score (nSPS) is 10.9. The summed E-state index contributed by atoms with van der Waals surface area (Å²) in [5, 5.41) is 20.7. The quantitative estimate of drug-likeness (QED) is 0.398. The molecule has 0 unspecified atom stereocenters. The Labute approximate surface area is 134 Å². The van der Waals surface area contributed by atoms with E-state index in [9.17, 15) is 20.0 Å². The van der Waals surface area contributed by atoms with E-state index in [4.69, 9.17) is 0 Å². The Morgan fingerprint density at radius 1 is 1.09 bits per heavy atom. The fourth-order valence-electron chi connectivity index (χ4n) is 2.31. The van der Waals surface area contributed by atoms with Crippen molar-refractivity contribution in [3.05, 3.63) is 74.3 Å². The summed E-state index contributed by atoms with van der Waals surface area (Å²) >= 11 is 0. The number of phenolic OH excluding ortho intramolecular Hbond substituents is 1. The molecule has 5 heteroatoms. The topological polar surface area (TPSA) is 80.4 Å². The first kappa shape index (κ1) is 16.4. The van der Waals surface area contributed by atoms with Crippen molar-refractivity contribution < 1.29 is 14.8 Å². The number of phenols is 1. The predicted molar refractivity (Wildman–Crippen MR) is 88.8 cm³/mol. The molecule has 0 aliphatic rings. The van der Waals surface area contributed by atoms with Crippen LogP contribution in [-0.2, 0) is 0 Å². The number of nitro benzene ring substituents is 1. The molecule has 2 aromatic rings. The van der Waals surface area contributed by atoms with E-state index in [1.807, 2.05) is 0 Å². The molecule has 0 saturated heterocycles. The highest BCUT2D eigenvalue weighted by atomic mass is 16.6. The van der Waals surface area contributed by atoms with Crippen LogP contribution in [0.2, 0.25) is 0 Å². The van der Waals surface area contributed by atoms with Gasteiger partial charge in [0.15, 0.2) is 5.78 Å². The Morgan fingerprint density at radius 2 is 1.70 bits per heavy atom. The first-order valence-corrected chi connectivity index (χ1v) is 7.07. The van der Waals surface area contributed by atoms with Gasteiger partial charge in [-0.25, -0.2) is 0 Å². The largest absolute Gasteiger partial charge is 0.507 e. The number of rotatable bonds is 4. The third-order valence-corrected chi connectivity index (χ3v) is 3.63. The molecule has 2 aromatic carbocycles. The maximum Gasteiger partial charge on any atom is 0.273 e. The molecule has 0 atom stereocenters. The molecule has 0 bridgehead atoms. The lowest BCUT2D eigenvalue weighted by atomic mass is 10.0. The van der Waals surface area contributed by atoms with Gasteiger partial charge in [-0.1, -0.05) is 18.2 Å². The van der Waals surface area contributed by atoms with Gasteiger partial charge in [-0.15, -0.1) is 0 Å². The van der Waals surface area contributed by atoms with Gasteiger partial charge >= 0.3 is 0 Å². The van der Waals surface area contributed by atoms with Crippen LogP contribution in [0.25, 0.3) is 6.08 Å². The molecular formula is C18H17NO4. The molecule has 0 heterocycles. The third-order valence-electron chi connectivity index (χ3n) is 3.63. The Kier molecular flexibility index (Phi) is 4.60. The summed E-state index contributed by atoms with van der Waals surface area (Å²) in [7, 11) is 0. The Morgan fingerprint density at radius 3 is 2.26 bits per heavy atom. The fourth-order valence-corrected chi connectivity index (χ4v) is 2.31.